The summed E-state index contributed by atoms with van der Waals surface area (Å²) in [5.41, 5.74) is 0.197. The fraction of sp³-hybridized carbons (Fsp3) is 0.353. The van der Waals surface area contributed by atoms with E-state index in [4.69, 9.17) is 9.84 Å². The van der Waals surface area contributed by atoms with Gasteiger partial charge in [0.15, 0.2) is 0 Å². The van der Waals surface area contributed by atoms with E-state index in [0.29, 0.717) is 23.3 Å². The van der Waals surface area contributed by atoms with E-state index in [9.17, 15) is 9.59 Å². The number of aromatic nitrogens is 2. The van der Waals surface area contributed by atoms with Crippen molar-refractivity contribution < 1.29 is 14.6 Å². The lowest BCUT2D eigenvalue weighted by Gasteiger charge is -2.18. The van der Waals surface area contributed by atoms with Crippen LogP contribution in [0.5, 0.6) is 5.75 Å². The topological polar surface area (TPSA) is 84.7 Å². The Morgan fingerprint density at radius 1 is 1.38 bits per heavy atom. The van der Waals surface area contributed by atoms with Crippen LogP contribution in [0.3, 0.4) is 0 Å². The summed E-state index contributed by atoms with van der Waals surface area (Å²) < 4.78 is 6.85. The average molecular weight is 331 g/mol. The lowest BCUT2D eigenvalue weighted by Crippen LogP contribution is -2.27. The van der Waals surface area contributed by atoms with E-state index in [1.807, 2.05) is 0 Å². The van der Waals surface area contributed by atoms with Gasteiger partial charge in [0, 0.05) is 18.8 Å². The van der Waals surface area contributed by atoms with Crippen molar-refractivity contribution in [2.24, 2.45) is 0 Å². The third kappa shape index (κ3) is 4.42. The first-order chi connectivity index (χ1) is 11.5. The van der Waals surface area contributed by atoms with E-state index in [-0.39, 0.29) is 5.56 Å². The molecule has 0 aliphatic rings. The van der Waals surface area contributed by atoms with Gasteiger partial charge in [0.2, 0.25) is 0 Å². The number of aliphatic carboxylic acids is 1. The van der Waals surface area contributed by atoms with E-state index in [1.54, 1.807) is 18.2 Å². The zero-order valence-corrected chi connectivity index (χ0v) is 13.8. The predicted octanol–water partition coefficient (Wildman–Crippen LogP) is 1.67. The van der Waals surface area contributed by atoms with E-state index in [2.05, 4.69) is 23.7 Å². The number of hydrogen-bond donors (Lipinski definition) is 1. The maximum Gasteiger partial charge on any atom is 0.329 e. The summed E-state index contributed by atoms with van der Waals surface area (Å²) in [5, 5.41) is 9.04. The zero-order chi connectivity index (χ0) is 17.5. The highest BCUT2D eigenvalue weighted by Crippen LogP contribution is 2.16. The lowest BCUT2D eigenvalue weighted by molar-refractivity contribution is -0.131. The number of benzene rings is 1. The summed E-state index contributed by atoms with van der Waals surface area (Å²) in [6.07, 6.45) is 3.36. The van der Waals surface area contributed by atoms with E-state index in [1.165, 1.54) is 12.5 Å². The van der Waals surface area contributed by atoms with Crippen LogP contribution >= 0.6 is 0 Å². The van der Waals surface area contributed by atoms with Gasteiger partial charge in [-0.15, -0.1) is 0 Å². The number of carbonyl (C=O) groups is 1. The molecule has 7 heteroatoms. The van der Waals surface area contributed by atoms with Gasteiger partial charge >= 0.3 is 5.97 Å². The largest absolute Gasteiger partial charge is 0.492 e. The Balaban J connectivity index is 2.21. The standard InChI is InChI=1S/C17H21N3O4/c1-3-19(4-2)9-10-24-13-5-6-15-14(11-13)17(23)20(12-18-15)8-7-16(21)22/h5-8,11-12H,3-4,9-10H2,1-2H3,(H,21,22)/b8-7+. The van der Waals surface area contributed by atoms with Crippen molar-refractivity contribution in [1.29, 1.82) is 0 Å². The van der Waals surface area contributed by atoms with Gasteiger partial charge in [-0.25, -0.2) is 9.78 Å². The minimum atomic E-state index is -1.13. The molecular formula is C17H21N3O4. The molecule has 0 aliphatic carbocycles. The van der Waals surface area contributed by atoms with Crippen LogP contribution < -0.4 is 10.3 Å². The fourth-order valence-corrected chi connectivity index (χ4v) is 2.29. The van der Waals surface area contributed by atoms with Gasteiger partial charge in [-0.05, 0) is 31.3 Å². The Morgan fingerprint density at radius 2 is 2.12 bits per heavy atom. The Morgan fingerprint density at radius 3 is 2.79 bits per heavy atom. The van der Waals surface area contributed by atoms with Crippen molar-refractivity contribution in [3.8, 4) is 5.75 Å². The maximum atomic E-state index is 12.4. The second kappa shape index (κ2) is 8.26. The Labute approximate surface area is 139 Å². The highest BCUT2D eigenvalue weighted by atomic mass is 16.5. The molecule has 1 aromatic carbocycles. The van der Waals surface area contributed by atoms with Crippen LogP contribution in [-0.2, 0) is 4.79 Å². The molecule has 0 saturated carbocycles. The molecule has 0 amide bonds. The van der Waals surface area contributed by atoms with Crippen molar-refractivity contribution in [3.63, 3.8) is 0 Å². The third-order valence-corrected chi connectivity index (χ3v) is 3.70. The summed E-state index contributed by atoms with van der Waals surface area (Å²) >= 11 is 0. The van der Waals surface area contributed by atoms with Crippen LogP contribution in [0.4, 0.5) is 0 Å². The first-order valence-corrected chi connectivity index (χ1v) is 7.82. The van der Waals surface area contributed by atoms with Gasteiger partial charge < -0.3 is 14.7 Å². The van der Waals surface area contributed by atoms with Gasteiger partial charge in [-0.1, -0.05) is 13.8 Å². The minimum Gasteiger partial charge on any atom is -0.492 e. The van der Waals surface area contributed by atoms with Gasteiger partial charge in [-0.2, -0.15) is 0 Å². The molecule has 0 saturated heterocycles. The van der Waals surface area contributed by atoms with E-state index in [0.717, 1.165) is 30.3 Å². The Hall–Kier alpha value is -2.67. The Bertz CT molecular complexity index is 794. The molecule has 0 unspecified atom stereocenters. The summed E-state index contributed by atoms with van der Waals surface area (Å²) in [6.45, 7) is 7.45. The molecule has 128 valence electrons. The summed E-state index contributed by atoms with van der Waals surface area (Å²) in [6, 6.07) is 5.13. The third-order valence-electron chi connectivity index (χ3n) is 3.70. The number of rotatable bonds is 8. The number of likely N-dealkylation sites (N-methyl/N-ethyl adjacent to an activating group) is 1. The van der Waals surface area contributed by atoms with Crippen LogP contribution in [0.25, 0.3) is 17.1 Å². The van der Waals surface area contributed by atoms with Gasteiger partial charge in [0.25, 0.3) is 5.56 Å². The molecule has 1 N–H and O–H groups in total. The van der Waals surface area contributed by atoms with Crippen LogP contribution in [0.15, 0.2) is 35.4 Å². The molecule has 0 fully saturated rings. The fourth-order valence-electron chi connectivity index (χ4n) is 2.29. The highest BCUT2D eigenvalue weighted by Gasteiger charge is 2.06. The first-order valence-electron chi connectivity index (χ1n) is 7.82. The molecular weight excluding hydrogens is 310 g/mol. The highest BCUT2D eigenvalue weighted by molar-refractivity contribution is 5.83. The second-order valence-electron chi connectivity index (χ2n) is 5.17. The normalized spacial score (nSPS) is 11.5. The summed E-state index contributed by atoms with van der Waals surface area (Å²) in [4.78, 5) is 29.4. The second-order valence-corrected chi connectivity index (χ2v) is 5.17. The summed E-state index contributed by atoms with van der Waals surface area (Å²) in [7, 11) is 0. The van der Waals surface area contributed by atoms with Crippen molar-refractivity contribution in [1.82, 2.24) is 14.5 Å². The van der Waals surface area contributed by atoms with Crippen LogP contribution in [0, 0.1) is 0 Å². The van der Waals surface area contributed by atoms with Crippen LogP contribution in [-0.4, -0.2) is 51.8 Å². The minimum absolute atomic E-state index is 0.341. The van der Waals surface area contributed by atoms with Gasteiger partial charge in [0.05, 0.1) is 10.9 Å². The van der Waals surface area contributed by atoms with Crippen molar-refractivity contribution in [2.45, 2.75) is 13.8 Å². The maximum absolute atomic E-state index is 12.4. The molecule has 0 aliphatic heterocycles. The molecule has 1 aromatic heterocycles. The van der Waals surface area contributed by atoms with E-state index >= 15 is 0 Å². The predicted molar refractivity (Wildman–Crippen MR) is 92.3 cm³/mol. The van der Waals surface area contributed by atoms with Crippen molar-refractivity contribution in [3.05, 3.63) is 41.0 Å². The van der Waals surface area contributed by atoms with Crippen LogP contribution in [0.1, 0.15) is 13.8 Å². The van der Waals surface area contributed by atoms with Gasteiger partial charge in [0.1, 0.15) is 18.7 Å². The smallest absolute Gasteiger partial charge is 0.329 e. The number of carboxylic acids is 1. The number of ether oxygens (including phenoxy) is 1. The first kappa shape index (κ1) is 17.7. The van der Waals surface area contributed by atoms with Crippen LogP contribution in [0.2, 0.25) is 0 Å². The lowest BCUT2D eigenvalue weighted by atomic mass is 10.2. The average Bonchev–Trinajstić information content (AvgIpc) is 2.58. The van der Waals surface area contributed by atoms with E-state index < -0.39 is 5.97 Å². The Kier molecular flexibility index (Phi) is 6.08. The molecule has 0 atom stereocenters. The SMILES string of the molecule is CCN(CC)CCOc1ccc2ncn(/C=C/C(=O)O)c(=O)c2c1. The number of hydrogen-bond acceptors (Lipinski definition) is 5. The number of carboxylic acid groups (broad SMARTS) is 1. The molecule has 0 bridgehead atoms. The molecule has 0 spiro atoms. The zero-order valence-electron chi connectivity index (χ0n) is 13.8. The molecule has 2 aromatic rings. The van der Waals surface area contributed by atoms with Crippen molar-refractivity contribution >= 4 is 23.1 Å². The molecule has 24 heavy (non-hydrogen) atoms. The molecule has 7 nitrogen and oxygen atoms in total. The summed E-state index contributed by atoms with van der Waals surface area (Å²) in [5.74, 6) is -0.538. The van der Waals surface area contributed by atoms with Crippen molar-refractivity contribution in [2.75, 3.05) is 26.2 Å². The molecule has 2 rings (SSSR count). The number of nitrogens with zero attached hydrogens (tertiary/aromatic N) is 3. The molecule has 1 heterocycles. The number of fused-ring (bicyclic) bond motifs is 1. The molecule has 0 radical (unpaired) electrons. The monoisotopic (exact) mass is 331 g/mol. The quantitative estimate of drug-likeness (QED) is 0.741. The van der Waals surface area contributed by atoms with Gasteiger partial charge in [-0.3, -0.25) is 9.36 Å².